The molecule has 1 aliphatic rings. The van der Waals surface area contributed by atoms with Gasteiger partial charge in [0.1, 0.15) is 11.6 Å². The fourth-order valence-electron chi connectivity index (χ4n) is 2.57. The minimum Gasteiger partial charge on any atom is -0.493 e. The minimum atomic E-state index is -0.249. The Kier molecular flexibility index (Phi) is 5.79. The number of hydrogen-bond donors (Lipinski definition) is 1. The fourth-order valence-corrected chi connectivity index (χ4v) is 3.80. The third kappa shape index (κ3) is 4.51. The second-order valence-corrected chi connectivity index (χ2v) is 7.58. The van der Waals surface area contributed by atoms with Gasteiger partial charge in [0.05, 0.1) is 12.6 Å². The van der Waals surface area contributed by atoms with E-state index in [4.69, 9.17) is 4.74 Å². The molecule has 1 amide bonds. The Morgan fingerprint density at radius 3 is 2.88 bits per heavy atom. The summed E-state index contributed by atoms with van der Waals surface area (Å²) in [5.41, 5.74) is 1.01. The Morgan fingerprint density at radius 2 is 2.08 bits per heavy atom. The summed E-state index contributed by atoms with van der Waals surface area (Å²) in [6.07, 6.45) is 1.18. The van der Waals surface area contributed by atoms with Crippen LogP contribution in [-0.2, 0) is 4.79 Å². The van der Waals surface area contributed by atoms with Crippen molar-refractivity contribution in [3.8, 4) is 5.75 Å². The van der Waals surface area contributed by atoms with E-state index >= 15 is 0 Å². The quantitative estimate of drug-likeness (QED) is 0.726. The van der Waals surface area contributed by atoms with Gasteiger partial charge in [0.25, 0.3) is 0 Å². The van der Waals surface area contributed by atoms with Crippen LogP contribution < -0.4 is 10.1 Å². The summed E-state index contributed by atoms with van der Waals surface area (Å²) < 4.78 is 19.5. The molecule has 1 heterocycles. The van der Waals surface area contributed by atoms with Crippen LogP contribution in [0.25, 0.3) is 0 Å². The lowest BCUT2D eigenvalue weighted by Gasteiger charge is -2.27. The van der Waals surface area contributed by atoms with Crippen molar-refractivity contribution < 1.29 is 13.9 Å². The van der Waals surface area contributed by atoms with Crippen LogP contribution in [0.4, 0.5) is 4.39 Å². The summed E-state index contributed by atoms with van der Waals surface area (Å²) in [6, 6.07) is 12.1. The molecular weight excluding hydrogens is 393 g/mol. The van der Waals surface area contributed by atoms with Gasteiger partial charge in [0, 0.05) is 33.5 Å². The highest BCUT2D eigenvalue weighted by Crippen LogP contribution is 2.34. The van der Waals surface area contributed by atoms with Gasteiger partial charge in [-0.25, -0.2) is 4.39 Å². The maximum Gasteiger partial charge on any atom is 0.221 e. The van der Waals surface area contributed by atoms with E-state index in [0.29, 0.717) is 18.8 Å². The second-order valence-electron chi connectivity index (χ2n) is 5.49. The van der Waals surface area contributed by atoms with Gasteiger partial charge in [-0.1, -0.05) is 15.9 Å². The van der Waals surface area contributed by atoms with Gasteiger partial charge >= 0.3 is 0 Å². The number of amides is 1. The Hall–Kier alpha value is -1.53. The molecule has 6 heteroatoms. The number of hydrogen-bond acceptors (Lipinski definition) is 3. The molecular formula is C18H17BrFNO2S. The van der Waals surface area contributed by atoms with E-state index in [-0.39, 0.29) is 17.8 Å². The van der Waals surface area contributed by atoms with Crippen molar-refractivity contribution in [2.45, 2.75) is 23.8 Å². The number of halogens is 2. The maximum atomic E-state index is 12.9. The van der Waals surface area contributed by atoms with E-state index in [2.05, 4.69) is 21.2 Å². The summed E-state index contributed by atoms with van der Waals surface area (Å²) >= 11 is 5.01. The number of benzene rings is 2. The molecule has 126 valence electrons. The Balaban J connectivity index is 1.52. The van der Waals surface area contributed by atoms with Crippen LogP contribution >= 0.6 is 27.7 Å². The molecule has 0 saturated carbocycles. The van der Waals surface area contributed by atoms with Crippen LogP contribution in [0.15, 0.2) is 51.8 Å². The minimum absolute atomic E-state index is 0.0161. The summed E-state index contributed by atoms with van der Waals surface area (Å²) in [5.74, 6) is 1.26. The van der Waals surface area contributed by atoms with Crippen LogP contribution in [0.5, 0.6) is 5.75 Å². The number of rotatable bonds is 5. The predicted octanol–water partition coefficient (Wildman–Crippen LogP) is 4.71. The van der Waals surface area contributed by atoms with E-state index in [0.717, 1.165) is 27.1 Å². The van der Waals surface area contributed by atoms with E-state index < -0.39 is 0 Å². The van der Waals surface area contributed by atoms with E-state index in [1.807, 2.05) is 18.2 Å². The molecule has 2 aromatic carbocycles. The first-order valence-corrected chi connectivity index (χ1v) is 9.49. The SMILES string of the molecule is O=C(CCSc1ccc(F)cc1)NC1CCOc2ccc(Br)cc21. The molecule has 1 N–H and O–H groups in total. The number of fused-ring (bicyclic) bond motifs is 1. The van der Waals surface area contributed by atoms with Gasteiger partial charge in [-0.2, -0.15) is 0 Å². The highest BCUT2D eigenvalue weighted by atomic mass is 79.9. The smallest absolute Gasteiger partial charge is 0.221 e. The second kappa shape index (κ2) is 8.03. The lowest BCUT2D eigenvalue weighted by molar-refractivity contribution is -0.121. The van der Waals surface area contributed by atoms with E-state index in [9.17, 15) is 9.18 Å². The maximum absolute atomic E-state index is 12.9. The first-order valence-electron chi connectivity index (χ1n) is 7.72. The normalized spacial score (nSPS) is 16.2. The molecule has 0 radical (unpaired) electrons. The zero-order valence-corrected chi connectivity index (χ0v) is 15.3. The number of carbonyl (C=O) groups excluding carboxylic acids is 1. The van der Waals surface area contributed by atoms with Crippen molar-refractivity contribution in [1.82, 2.24) is 5.32 Å². The molecule has 2 aromatic rings. The molecule has 24 heavy (non-hydrogen) atoms. The largest absolute Gasteiger partial charge is 0.493 e. The van der Waals surface area contributed by atoms with Crippen molar-refractivity contribution in [1.29, 1.82) is 0 Å². The monoisotopic (exact) mass is 409 g/mol. The van der Waals surface area contributed by atoms with Gasteiger partial charge in [-0.3, -0.25) is 4.79 Å². The lowest BCUT2D eigenvalue weighted by atomic mass is 10.0. The summed E-state index contributed by atoms with van der Waals surface area (Å²) in [6.45, 7) is 0.601. The number of carbonyl (C=O) groups is 1. The first-order chi connectivity index (χ1) is 11.6. The average molecular weight is 410 g/mol. The molecule has 0 fully saturated rings. The van der Waals surface area contributed by atoms with E-state index in [1.165, 1.54) is 12.1 Å². The molecule has 0 aliphatic carbocycles. The third-order valence-corrected chi connectivity index (χ3v) is 5.27. The van der Waals surface area contributed by atoms with Crippen LogP contribution in [0.1, 0.15) is 24.4 Å². The Morgan fingerprint density at radius 1 is 1.29 bits per heavy atom. The molecule has 1 atom stereocenters. The van der Waals surface area contributed by atoms with Crippen molar-refractivity contribution in [2.24, 2.45) is 0 Å². The van der Waals surface area contributed by atoms with Gasteiger partial charge in [0.2, 0.25) is 5.91 Å². The Labute approximate surface area is 153 Å². The fraction of sp³-hybridized carbons (Fsp3) is 0.278. The number of ether oxygens (including phenoxy) is 1. The molecule has 0 bridgehead atoms. The summed E-state index contributed by atoms with van der Waals surface area (Å²) in [4.78, 5) is 13.2. The van der Waals surface area contributed by atoms with Crippen LogP contribution in [0, 0.1) is 5.82 Å². The highest BCUT2D eigenvalue weighted by Gasteiger charge is 2.23. The van der Waals surface area contributed by atoms with Crippen molar-refractivity contribution >= 4 is 33.6 Å². The third-order valence-electron chi connectivity index (χ3n) is 3.76. The average Bonchev–Trinajstić information content (AvgIpc) is 2.57. The highest BCUT2D eigenvalue weighted by molar-refractivity contribution is 9.10. The van der Waals surface area contributed by atoms with Crippen molar-refractivity contribution in [2.75, 3.05) is 12.4 Å². The lowest BCUT2D eigenvalue weighted by Crippen LogP contribution is -2.32. The molecule has 3 rings (SSSR count). The first kappa shape index (κ1) is 17.3. The number of nitrogens with one attached hydrogen (secondary N) is 1. The number of thioether (sulfide) groups is 1. The molecule has 0 spiro atoms. The van der Waals surface area contributed by atoms with Crippen LogP contribution in [0.2, 0.25) is 0 Å². The molecule has 0 aromatic heterocycles. The van der Waals surface area contributed by atoms with Crippen molar-refractivity contribution in [3.05, 3.63) is 58.3 Å². The zero-order valence-electron chi connectivity index (χ0n) is 12.9. The summed E-state index contributed by atoms with van der Waals surface area (Å²) in [7, 11) is 0. The standard InChI is InChI=1S/C18H17BrFNO2S/c19-12-1-6-17-15(11-12)16(7-9-23-17)21-18(22)8-10-24-14-4-2-13(20)3-5-14/h1-6,11,16H,7-10H2,(H,21,22). The van der Waals surface area contributed by atoms with Crippen LogP contribution in [-0.4, -0.2) is 18.3 Å². The molecule has 1 aliphatic heterocycles. The van der Waals surface area contributed by atoms with Crippen LogP contribution in [0.3, 0.4) is 0 Å². The Bertz CT molecular complexity index is 723. The topological polar surface area (TPSA) is 38.3 Å². The van der Waals surface area contributed by atoms with Gasteiger partial charge in [0.15, 0.2) is 0 Å². The van der Waals surface area contributed by atoms with E-state index in [1.54, 1.807) is 23.9 Å². The van der Waals surface area contributed by atoms with Crippen molar-refractivity contribution in [3.63, 3.8) is 0 Å². The van der Waals surface area contributed by atoms with Gasteiger partial charge in [-0.05, 0) is 42.5 Å². The van der Waals surface area contributed by atoms with Gasteiger partial charge < -0.3 is 10.1 Å². The van der Waals surface area contributed by atoms with Gasteiger partial charge in [-0.15, -0.1) is 11.8 Å². The zero-order chi connectivity index (χ0) is 16.9. The molecule has 1 unspecified atom stereocenters. The molecule has 0 saturated heterocycles. The molecule has 3 nitrogen and oxygen atoms in total. The summed E-state index contributed by atoms with van der Waals surface area (Å²) in [5, 5.41) is 3.08. The predicted molar refractivity (Wildman–Crippen MR) is 96.9 cm³/mol.